The molecule has 5 aromatic rings. The van der Waals surface area contributed by atoms with Gasteiger partial charge in [0.1, 0.15) is 12.2 Å². The molecule has 8 rings (SSSR count). The third kappa shape index (κ3) is 5.86. The van der Waals surface area contributed by atoms with Crippen LogP contribution in [0.15, 0.2) is 59.4 Å². The normalized spacial score (nSPS) is 20.8. The molecule has 1 spiro atoms. The Morgan fingerprint density at radius 3 is 2.75 bits per heavy atom. The molecule has 0 radical (unpaired) electrons. The van der Waals surface area contributed by atoms with Crippen LogP contribution in [0.25, 0.3) is 17.3 Å². The largest absolute Gasteiger partial charge is 0.473 e. The molecule has 3 aliphatic rings. The number of fused-ring (bicyclic) bond motifs is 4. The second-order valence-electron chi connectivity index (χ2n) is 14.3. The molecule has 13 nitrogen and oxygen atoms in total. The van der Waals surface area contributed by atoms with E-state index in [0.717, 1.165) is 86.1 Å². The van der Waals surface area contributed by atoms with E-state index in [9.17, 15) is 10.1 Å². The van der Waals surface area contributed by atoms with E-state index in [2.05, 4.69) is 51.6 Å². The summed E-state index contributed by atoms with van der Waals surface area (Å²) in [6.45, 7) is 4.96. The van der Waals surface area contributed by atoms with Gasteiger partial charge in [0, 0.05) is 35.8 Å². The smallest absolute Gasteiger partial charge is 0.272 e. The van der Waals surface area contributed by atoms with Gasteiger partial charge in [0.2, 0.25) is 5.88 Å². The number of benzene rings is 1. The maximum Gasteiger partial charge on any atom is 0.272 e. The van der Waals surface area contributed by atoms with E-state index in [0.29, 0.717) is 34.5 Å². The number of aromatic nitrogens is 6. The molecule has 4 atom stereocenters. The van der Waals surface area contributed by atoms with Crippen molar-refractivity contribution in [3.8, 4) is 29.3 Å². The van der Waals surface area contributed by atoms with E-state index in [1.807, 2.05) is 31.2 Å². The summed E-state index contributed by atoms with van der Waals surface area (Å²) in [5.74, 6) is 1.57. The van der Waals surface area contributed by atoms with Gasteiger partial charge in [-0.25, -0.2) is 9.67 Å². The molecule has 266 valence electrons. The second-order valence-corrected chi connectivity index (χ2v) is 14.3. The number of nitrogens with two attached hydrogens (primary N) is 1. The van der Waals surface area contributed by atoms with Crippen LogP contribution in [-0.4, -0.2) is 66.4 Å². The van der Waals surface area contributed by atoms with Crippen LogP contribution in [0, 0.1) is 11.3 Å². The van der Waals surface area contributed by atoms with Gasteiger partial charge in [-0.2, -0.15) is 15.3 Å². The van der Waals surface area contributed by atoms with Gasteiger partial charge in [-0.15, -0.1) is 0 Å². The zero-order valence-electron chi connectivity index (χ0n) is 29.7. The first-order chi connectivity index (χ1) is 25.3. The number of likely N-dealkylation sites (tertiary alicyclic amines) is 1. The van der Waals surface area contributed by atoms with E-state index >= 15 is 0 Å². The van der Waals surface area contributed by atoms with Crippen LogP contribution >= 0.6 is 0 Å². The lowest BCUT2D eigenvalue weighted by Crippen LogP contribution is -2.38. The molecular formula is C39H42N10O3. The third-order valence-corrected chi connectivity index (χ3v) is 11.1. The first-order valence-electron chi connectivity index (χ1n) is 18.1. The van der Waals surface area contributed by atoms with Crippen molar-refractivity contribution in [2.75, 3.05) is 19.3 Å². The topological polar surface area (TPSA) is 174 Å². The lowest BCUT2D eigenvalue weighted by atomic mass is 9.61. The van der Waals surface area contributed by atoms with Gasteiger partial charge < -0.3 is 20.3 Å². The molecule has 1 aromatic carbocycles. The number of carbonyl (C=O) groups excluding carboxylic acids is 1. The van der Waals surface area contributed by atoms with E-state index in [1.165, 1.54) is 0 Å². The maximum absolute atomic E-state index is 13.3. The van der Waals surface area contributed by atoms with Crippen molar-refractivity contribution in [3.63, 3.8) is 0 Å². The molecule has 5 heterocycles. The molecule has 1 aliphatic heterocycles. The molecule has 2 aliphatic carbocycles. The van der Waals surface area contributed by atoms with Gasteiger partial charge in [-0.1, -0.05) is 17.3 Å². The molecule has 52 heavy (non-hydrogen) atoms. The zero-order chi connectivity index (χ0) is 36.0. The number of hydrogen-bond donors (Lipinski definition) is 2. The number of ether oxygens (including phenoxy) is 1. The molecule has 13 heteroatoms. The fraction of sp³-hybridized carbons (Fsp3) is 0.410. The number of rotatable bonds is 8. The highest BCUT2D eigenvalue weighted by Gasteiger charge is 2.48. The number of pyridine rings is 1. The fourth-order valence-electron chi connectivity index (χ4n) is 8.54. The minimum Gasteiger partial charge on any atom is -0.473 e. The minimum absolute atomic E-state index is 0.141. The average molecular weight is 699 g/mol. The average Bonchev–Trinajstić information content (AvgIpc) is 3.93. The first kappa shape index (κ1) is 33.5. The van der Waals surface area contributed by atoms with Crippen molar-refractivity contribution in [1.29, 1.82) is 5.26 Å². The summed E-state index contributed by atoms with van der Waals surface area (Å²) in [7, 11) is 2.12. The second kappa shape index (κ2) is 13.5. The van der Waals surface area contributed by atoms with Gasteiger partial charge >= 0.3 is 0 Å². The van der Waals surface area contributed by atoms with Crippen molar-refractivity contribution >= 4 is 11.6 Å². The van der Waals surface area contributed by atoms with Crippen molar-refractivity contribution in [2.45, 2.75) is 88.8 Å². The lowest BCUT2D eigenvalue weighted by Gasteiger charge is -2.41. The number of likely N-dealkylation sites (N-methyl/N-ethyl adjacent to an activating group) is 1. The highest BCUT2D eigenvalue weighted by Crippen LogP contribution is 2.53. The number of carbonyl (C=O) groups is 1. The number of nitrogens with one attached hydrogen (secondary N) is 1. The summed E-state index contributed by atoms with van der Waals surface area (Å²) < 4.78 is 14.4. The van der Waals surface area contributed by atoms with Crippen LogP contribution < -0.4 is 15.8 Å². The Kier molecular flexibility index (Phi) is 8.71. The van der Waals surface area contributed by atoms with Gasteiger partial charge in [0.05, 0.1) is 22.7 Å². The Morgan fingerprint density at radius 1 is 1.13 bits per heavy atom. The van der Waals surface area contributed by atoms with Gasteiger partial charge in [0.15, 0.2) is 28.8 Å². The highest BCUT2D eigenvalue weighted by molar-refractivity contribution is 5.92. The molecule has 4 unspecified atom stereocenters. The monoisotopic (exact) mass is 698 g/mol. The Hall–Kier alpha value is -5.61. The molecule has 0 bridgehead atoms. The quantitative estimate of drug-likeness (QED) is 0.197. The zero-order valence-corrected chi connectivity index (χ0v) is 29.7. The number of amides is 1. The van der Waals surface area contributed by atoms with Crippen molar-refractivity contribution in [2.24, 2.45) is 0 Å². The summed E-state index contributed by atoms with van der Waals surface area (Å²) in [4.78, 5) is 29.8. The Labute approximate surface area is 302 Å². The van der Waals surface area contributed by atoms with Crippen LogP contribution in [-0.2, 0) is 18.3 Å². The van der Waals surface area contributed by atoms with Crippen molar-refractivity contribution < 1.29 is 14.1 Å². The molecule has 1 amide bonds. The summed E-state index contributed by atoms with van der Waals surface area (Å²) >= 11 is 0. The van der Waals surface area contributed by atoms with E-state index in [-0.39, 0.29) is 29.8 Å². The van der Waals surface area contributed by atoms with Crippen molar-refractivity contribution in [3.05, 3.63) is 94.3 Å². The first-order valence-corrected chi connectivity index (χ1v) is 18.1. The maximum atomic E-state index is 13.3. The summed E-state index contributed by atoms with van der Waals surface area (Å²) in [5.41, 5.74) is 11.4. The molecule has 1 fully saturated rings. The molecule has 1 saturated heterocycles. The van der Waals surface area contributed by atoms with Crippen molar-refractivity contribution in [1.82, 2.24) is 40.1 Å². The van der Waals surface area contributed by atoms with E-state index < -0.39 is 5.41 Å². The predicted octanol–water partition coefficient (Wildman–Crippen LogP) is 5.48. The summed E-state index contributed by atoms with van der Waals surface area (Å²) in [6.07, 6.45) is 10.5. The third-order valence-electron chi connectivity index (χ3n) is 11.1. The SMILES string of the molecule is CC(NC(=O)c1ccn(-c2cc(OC(C)C3CCCN3C)nc(-c3noc4c3CCCC43CCCc4ccc(N)c(C#N)c43)n2)n1)c1ccccn1. The lowest BCUT2D eigenvalue weighted by molar-refractivity contribution is 0.0933. The van der Waals surface area contributed by atoms with Gasteiger partial charge in [-0.3, -0.25) is 14.7 Å². The number of aryl methyl sites for hydroxylation is 1. The standard InChI is InChI=1S/C39H42N10O3/c1-23(29-11-4-5-18-42-29)43-38(50)30-15-20-49(46-30)32-21-33(51-24(2)31-12-8-19-48(31)3)45-37(44-32)35-26-10-7-17-39(36(26)52-47-35)16-6-9-25-13-14-28(41)27(22-40)34(25)39/h4-5,11,13-15,18,20-21,23-24,31H,6-10,12,16-17,19,41H2,1-3H3,(H,43,50). The van der Waals surface area contributed by atoms with Crippen LogP contribution in [0.2, 0.25) is 0 Å². The molecular weight excluding hydrogens is 656 g/mol. The number of nitrogens with zero attached hydrogens (tertiary/aromatic N) is 8. The molecule has 0 saturated carbocycles. The number of nitriles is 1. The predicted molar refractivity (Wildman–Crippen MR) is 193 cm³/mol. The van der Waals surface area contributed by atoms with Gasteiger partial charge in [0.25, 0.3) is 5.91 Å². The molecule has 3 N–H and O–H groups in total. The number of anilines is 1. The van der Waals surface area contributed by atoms with Crippen LogP contribution in [0.4, 0.5) is 5.69 Å². The summed E-state index contributed by atoms with van der Waals surface area (Å²) in [6, 6.07) is 15.2. The number of nitrogen functional groups attached to an aromatic ring is 1. The van der Waals surface area contributed by atoms with Gasteiger partial charge in [-0.05, 0) is 114 Å². The van der Waals surface area contributed by atoms with E-state index in [1.54, 1.807) is 29.2 Å². The highest BCUT2D eigenvalue weighted by atomic mass is 16.5. The minimum atomic E-state index is -0.512. The Morgan fingerprint density at radius 2 is 1.98 bits per heavy atom. The summed E-state index contributed by atoms with van der Waals surface area (Å²) in [5, 5.41) is 22.5. The van der Waals surface area contributed by atoms with Crippen LogP contribution in [0.1, 0.15) is 103 Å². The molecule has 4 aromatic heterocycles. The fourth-order valence-corrected chi connectivity index (χ4v) is 8.54. The Bertz CT molecular complexity index is 2170. The van der Waals surface area contributed by atoms with Crippen LogP contribution in [0.5, 0.6) is 5.88 Å². The van der Waals surface area contributed by atoms with E-state index in [4.69, 9.17) is 25.0 Å². The number of hydrogen-bond acceptors (Lipinski definition) is 11. The Balaban J connectivity index is 1.18. The van der Waals surface area contributed by atoms with Crippen LogP contribution in [0.3, 0.4) is 0 Å².